The maximum atomic E-state index is 14.7. The number of carbonyl (C=O) groups excluding carboxylic acids is 2. The van der Waals surface area contributed by atoms with E-state index in [2.05, 4.69) is 53.2 Å². The van der Waals surface area contributed by atoms with Gasteiger partial charge in [-0.25, -0.2) is 19.2 Å². The van der Waals surface area contributed by atoms with Crippen LogP contribution in [0.2, 0.25) is 0 Å². The van der Waals surface area contributed by atoms with Crippen molar-refractivity contribution < 1.29 is 23.5 Å². The Kier molecular flexibility index (Phi) is 8.71. The summed E-state index contributed by atoms with van der Waals surface area (Å²) in [5, 5.41) is 11.4. The van der Waals surface area contributed by atoms with Gasteiger partial charge in [-0.2, -0.15) is 5.10 Å². The van der Waals surface area contributed by atoms with E-state index in [4.69, 9.17) is 9.47 Å². The highest BCUT2D eigenvalue weighted by molar-refractivity contribution is 14.1. The van der Waals surface area contributed by atoms with E-state index in [0.717, 1.165) is 33.0 Å². The lowest BCUT2D eigenvalue weighted by Gasteiger charge is -2.36. The summed E-state index contributed by atoms with van der Waals surface area (Å²) in [5.41, 5.74) is 1.81. The molecule has 0 bridgehead atoms. The van der Waals surface area contributed by atoms with Gasteiger partial charge in [0, 0.05) is 41.3 Å². The highest BCUT2D eigenvalue weighted by Crippen LogP contribution is 2.39. The number of benzene rings is 2. The molecule has 0 saturated carbocycles. The second-order valence-corrected chi connectivity index (χ2v) is 12.4. The first kappa shape index (κ1) is 30.4. The number of piperidine rings is 1. The number of aryl methyl sites for hydroxylation is 1. The predicted octanol–water partition coefficient (Wildman–Crippen LogP) is 5.53. The lowest BCUT2D eigenvalue weighted by atomic mass is 10.0. The number of halogens is 2. The van der Waals surface area contributed by atoms with Crippen LogP contribution in [0.3, 0.4) is 0 Å². The summed E-state index contributed by atoms with van der Waals surface area (Å²) in [7, 11) is 3.30. The van der Waals surface area contributed by atoms with E-state index >= 15 is 0 Å². The Morgan fingerprint density at radius 1 is 1.21 bits per heavy atom. The van der Waals surface area contributed by atoms with E-state index < -0.39 is 23.4 Å². The van der Waals surface area contributed by atoms with Crippen LogP contribution in [-0.2, 0) is 11.8 Å². The van der Waals surface area contributed by atoms with E-state index in [1.54, 1.807) is 16.9 Å². The Balaban J connectivity index is 1.48. The third-order valence-corrected chi connectivity index (χ3v) is 7.78. The van der Waals surface area contributed by atoms with Crippen molar-refractivity contribution in [3.05, 3.63) is 57.8 Å². The zero-order valence-electron chi connectivity index (χ0n) is 24.6. The molecule has 0 unspecified atom stereocenters. The fourth-order valence-corrected chi connectivity index (χ4v) is 6.15. The Bertz CT molecular complexity index is 1690. The van der Waals surface area contributed by atoms with Crippen LogP contribution in [0, 0.1) is 9.39 Å². The van der Waals surface area contributed by atoms with Crippen LogP contribution in [0.25, 0.3) is 22.3 Å². The van der Waals surface area contributed by atoms with E-state index in [-0.39, 0.29) is 28.9 Å². The van der Waals surface area contributed by atoms with E-state index in [1.165, 1.54) is 31.5 Å². The van der Waals surface area contributed by atoms with Gasteiger partial charge in [0.15, 0.2) is 5.82 Å². The first-order chi connectivity index (χ1) is 20.4. The Labute approximate surface area is 262 Å². The van der Waals surface area contributed by atoms with Crippen LogP contribution in [-0.4, -0.2) is 63.6 Å². The van der Waals surface area contributed by atoms with Gasteiger partial charge in [-0.1, -0.05) is 6.07 Å². The lowest BCUT2D eigenvalue weighted by Crippen LogP contribution is -2.49. The fourth-order valence-electron chi connectivity index (χ4n) is 5.19. The first-order valence-corrected chi connectivity index (χ1v) is 14.9. The van der Waals surface area contributed by atoms with Crippen molar-refractivity contribution in [1.82, 2.24) is 25.1 Å². The maximum absolute atomic E-state index is 14.7. The molecule has 1 atom stereocenters. The highest BCUT2D eigenvalue weighted by Gasteiger charge is 2.28. The van der Waals surface area contributed by atoms with Gasteiger partial charge in [0.25, 0.3) is 5.91 Å². The molecule has 4 aromatic rings. The number of rotatable bonds is 6. The summed E-state index contributed by atoms with van der Waals surface area (Å²) in [5.74, 6) is -0.751. The van der Waals surface area contributed by atoms with Crippen LogP contribution in [0.15, 0.2) is 42.7 Å². The Morgan fingerprint density at radius 2 is 2.00 bits per heavy atom. The van der Waals surface area contributed by atoms with Gasteiger partial charge < -0.3 is 25.0 Å². The molecule has 2 aromatic carbocycles. The average Bonchev–Trinajstić information content (AvgIpc) is 3.33. The third kappa shape index (κ3) is 6.65. The van der Waals surface area contributed by atoms with Crippen LogP contribution >= 0.6 is 22.6 Å². The summed E-state index contributed by atoms with van der Waals surface area (Å²) < 4.78 is 28.2. The van der Waals surface area contributed by atoms with Gasteiger partial charge in [-0.05, 0) is 80.5 Å². The van der Waals surface area contributed by atoms with Crippen LogP contribution in [0.5, 0.6) is 5.75 Å². The number of methoxy groups -OCH3 is 1. The van der Waals surface area contributed by atoms with Crippen molar-refractivity contribution in [2.45, 2.75) is 45.3 Å². The number of aromatic nitrogens is 4. The number of hydrogen-bond donors (Lipinski definition) is 2. The number of ether oxygens (including phenoxy) is 2. The molecule has 1 aliphatic heterocycles. The molecule has 3 heterocycles. The smallest absolute Gasteiger partial charge is 0.407 e. The molecule has 1 aliphatic rings. The number of nitrogens with zero attached hydrogens (tertiary/aromatic N) is 5. The van der Waals surface area contributed by atoms with Crippen molar-refractivity contribution in [2.24, 2.45) is 7.05 Å². The minimum atomic E-state index is -0.605. The van der Waals surface area contributed by atoms with Crippen molar-refractivity contribution in [2.75, 3.05) is 30.4 Å². The quantitative estimate of drug-likeness (QED) is 0.252. The number of amides is 2. The van der Waals surface area contributed by atoms with Gasteiger partial charge in [0.2, 0.25) is 0 Å². The summed E-state index contributed by atoms with van der Waals surface area (Å²) in [4.78, 5) is 36.9. The summed E-state index contributed by atoms with van der Waals surface area (Å²) in [6, 6.07) is 7.63. The fraction of sp³-hybridized carbons (Fsp3) is 0.367. The molecule has 1 saturated heterocycles. The molecule has 0 aliphatic carbocycles. The second-order valence-electron chi connectivity index (χ2n) is 11.3. The monoisotopic (exact) mass is 701 g/mol. The molecular weight excluding hydrogens is 668 g/mol. The van der Waals surface area contributed by atoms with Crippen molar-refractivity contribution in [3.8, 4) is 17.1 Å². The minimum absolute atomic E-state index is 0.0344. The zero-order chi connectivity index (χ0) is 30.9. The number of carbonyl (C=O) groups is 2. The number of nitrogens with one attached hydrogen (secondary N) is 2. The number of anilines is 2. The van der Waals surface area contributed by atoms with Gasteiger partial charge in [0.05, 0.1) is 35.8 Å². The molecule has 11 nitrogen and oxygen atoms in total. The number of fused-ring (bicyclic) bond motifs is 1. The number of hydrogen-bond acceptors (Lipinski definition) is 8. The lowest BCUT2D eigenvalue weighted by molar-refractivity contribution is 0.0500. The van der Waals surface area contributed by atoms with Crippen LogP contribution in [0.4, 0.5) is 20.6 Å². The highest BCUT2D eigenvalue weighted by atomic mass is 127. The molecule has 2 amide bonds. The third-order valence-electron chi connectivity index (χ3n) is 6.96. The van der Waals surface area contributed by atoms with Crippen molar-refractivity contribution in [1.29, 1.82) is 0 Å². The van der Waals surface area contributed by atoms with Gasteiger partial charge in [-0.15, -0.1) is 0 Å². The molecule has 5 rings (SSSR count). The van der Waals surface area contributed by atoms with Crippen LogP contribution < -0.4 is 20.3 Å². The standard InChI is InChI=1S/C30H33FIN7O4/c1-30(2,3)43-29(41)35-17-8-7-13-39(16-17)26-18-15-34-38(4)25(18)20(32)14-22(26)37-28(40)21-11-12-33-27(36-21)24-19(31)9-6-10-23(24)42-5/h6,9-12,14-15,17H,7-8,13,16H2,1-5H3,(H,35,41)(H,37,40)/t17-/m1/s1. The molecular formula is C30H33FIN7O4. The van der Waals surface area contributed by atoms with E-state index in [9.17, 15) is 14.0 Å². The van der Waals surface area contributed by atoms with Gasteiger partial charge in [0.1, 0.15) is 22.9 Å². The van der Waals surface area contributed by atoms with Gasteiger partial charge >= 0.3 is 6.09 Å². The normalized spacial score (nSPS) is 15.3. The second kappa shape index (κ2) is 12.3. The zero-order valence-corrected chi connectivity index (χ0v) is 26.7. The minimum Gasteiger partial charge on any atom is -0.496 e. The molecule has 13 heteroatoms. The predicted molar refractivity (Wildman–Crippen MR) is 170 cm³/mol. The molecule has 43 heavy (non-hydrogen) atoms. The van der Waals surface area contributed by atoms with E-state index in [1.807, 2.05) is 33.9 Å². The maximum Gasteiger partial charge on any atom is 0.407 e. The molecule has 0 spiro atoms. The summed E-state index contributed by atoms with van der Waals surface area (Å²) in [6.45, 7) is 6.70. The first-order valence-electron chi connectivity index (χ1n) is 13.8. The molecule has 0 radical (unpaired) electrons. The van der Waals surface area contributed by atoms with Crippen LogP contribution in [0.1, 0.15) is 44.1 Å². The Hall–Kier alpha value is -4.01. The SMILES string of the molecule is COc1cccc(F)c1-c1nccc(C(=O)Nc2cc(I)c3c(cnn3C)c2N2CCC[C@@H](NC(=O)OC(C)(C)C)C2)n1. The van der Waals surface area contributed by atoms with Gasteiger partial charge in [-0.3, -0.25) is 9.48 Å². The average molecular weight is 702 g/mol. The molecule has 2 N–H and O–H groups in total. The van der Waals surface area contributed by atoms with E-state index in [0.29, 0.717) is 18.8 Å². The molecule has 1 fully saturated rings. The summed E-state index contributed by atoms with van der Waals surface area (Å²) in [6.07, 6.45) is 4.34. The molecule has 226 valence electrons. The largest absolute Gasteiger partial charge is 0.496 e. The topological polar surface area (TPSA) is 124 Å². The Morgan fingerprint density at radius 3 is 2.74 bits per heavy atom. The summed E-state index contributed by atoms with van der Waals surface area (Å²) >= 11 is 2.23. The van der Waals surface area contributed by atoms with Crippen molar-refractivity contribution in [3.63, 3.8) is 0 Å². The molecule has 2 aromatic heterocycles. The van der Waals surface area contributed by atoms with Crippen molar-refractivity contribution >= 4 is 56.9 Å². The number of alkyl carbamates (subject to hydrolysis) is 1.